The van der Waals surface area contributed by atoms with E-state index in [1.807, 2.05) is 48.5 Å². The van der Waals surface area contributed by atoms with Crippen molar-refractivity contribution in [2.75, 3.05) is 13.1 Å². The van der Waals surface area contributed by atoms with Crippen LogP contribution in [0.1, 0.15) is 31.0 Å². The van der Waals surface area contributed by atoms with Crippen molar-refractivity contribution in [1.29, 1.82) is 0 Å². The molecule has 1 saturated carbocycles. The number of para-hydroxylation sites is 2. The van der Waals surface area contributed by atoms with Crippen LogP contribution in [-0.2, 0) is 11.3 Å². The first-order chi connectivity index (χ1) is 15.0. The third-order valence-electron chi connectivity index (χ3n) is 7.12. The Morgan fingerprint density at radius 1 is 1.10 bits per heavy atom. The molecule has 2 aliphatic rings. The molecule has 2 aromatic heterocycles. The van der Waals surface area contributed by atoms with Gasteiger partial charge in [-0.2, -0.15) is 0 Å². The smallest absolute Gasteiger partial charge is 0.250 e. The largest absolute Gasteiger partial charge is 0.391 e. The van der Waals surface area contributed by atoms with Gasteiger partial charge in [0.15, 0.2) is 0 Å². The zero-order valence-corrected chi connectivity index (χ0v) is 17.7. The zero-order valence-electron chi connectivity index (χ0n) is 17.7. The summed E-state index contributed by atoms with van der Waals surface area (Å²) in [5.74, 6) is 0.787. The Morgan fingerprint density at radius 3 is 2.68 bits per heavy atom. The lowest BCUT2D eigenvalue weighted by molar-refractivity contribution is -0.130. The van der Waals surface area contributed by atoms with Gasteiger partial charge in [-0.3, -0.25) is 9.59 Å². The first-order valence-electron chi connectivity index (χ1n) is 11.0. The number of rotatable bonds is 4. The van der Waals surface area contributed by atoms with Gasteiger partial charge >= 0.3 is 0 Å². The number of carbonyl (C=O) groups excluding carboxylic acids is 1. The van der Waals surface area contributed by atoms with Gasteiger partial charge in [-0.05, 0) is 49.8 Å². The highest BCUT2D eigenvalue weighted by atomic mass is 16.3. The van der Waals surface area contributed by atoms with E-state index in [9.17, 15) is 14.7 Å². The summed E-state index contributed by atoms with van der Waals surface area (Å²) in [5, 5.41) is 10.9. The number of pyridine rings is 1. The molecule has 4 atom stereocenters. The van der Waals surface area contributed by atoms with Gasteiger partial charge in [0.25, 0.3) is 5.56 Å². The van der Waals surface area contributed by atoms with Crippen molar-refractivity contribution in [1.82, 2.24) is 19.0 Å². The van der Waals surface area contributed by atoms with Crippen molar-refractivity contribution >= 4 is 16.9 Å². The summed E-state index contributed by atoms with van der Waals surface area (Å²) in [7, 11) is 0. The highest BCUT2D eigenvalue weighted by molar-refractivity contribution is 5.76. The Morgan fingerprint density at radius 2 is 1.87 bits per heavy atom. The predicted octanol–water partition coefficient (Wildman–Crippen LogP) is 2.37. The van der Waals surface area contributed by atoms with E-state index < -0.39 is 6.10 Å². The predicted molar refractivity (Wildman–Crippen MR) is 118 cm³/mol. The van der Waals surface area contributed by atoms with Crippen LogP contribution in [0.15, 0.2) is 53.6 Å². The summed E-state index contributed by atoms with van der Waals surface area (Å²) < 4.78 is 3.76. The number of benzene rings is 1. The quantitative estimate of drug-likeness (QED) is 0.703. The van der Waals surface area contributed by atoms with Crippen molar-refractivity contribution in [3.63, 3.8) is 0 Å². The van der Waals surface area contributed by atoms with Crippen molar-refractivity contribution in [2.24, 2.45) is 11.8 Å². The number of carbonyl (C=O) groups is 1. The fourth-order valence-electron chi connectivity index (χ4n) is 5.43. The van der Waals surface area contributed by atoms with Crippen molar-refractivity contribution in [2.45, 2.75) is 44.9 Å². The Labute approximate surface area is 180 Å². The highest BCUT2D eigenvalue weighted by Crippen LogP contribution is 2.42. The number of amides is 1. The molecular weight excluding hydrogens is 392 g/mol. The van der Waals surface area contributed by atoms with Crippen LogP contribution in [0.4, 0.5) is 0 Å². The SMILES string of the molecule is Cc1cccc(=O)n1CCC(=O)N1C[C@H]2C[C@@H](n3cnc4ccccc43)[C@H](O)C[C@H]2C1. The minimum absolute atomic E-state index is 0.0192. The molecule has 162 valence electrons. The molecule has 0 radical (unpaired) electrons. The monoisotopic (exact) mass is 420 g/mol. The summed E-state index contributed by atoms with van der Waals surface area (Å²) in [6.45, 7) is 3.71. The molecule has 0 spiro atoms. The number of likely N-dealkylation sites (tertiary alicyclic amines) is 1. The van der Waals surface area contributed by atoms with E-state index >= 15 is 0 Å². The van der Waals surface area contributed by atoms with E-state index in [2.05, 4.69) is 9.55 Å². The summed E-state index contributed by atoms with van der Waals surface area (Å²) in [6, 6.07) is 13.1. The number of aryl methyl sites for hydroxylation is 1. The molecule has 7 nitrogen and oxygen atoms in total. The molecule has 1 saturated heterocycles. The lowest BCUT2D eigenvalue weighted by Crippen LogP contribution is -2.36. The number of aromatic nitrogens is 3. The van der Waals surface area contributed by atoms with Crippen molar-refractivity contribution in [3.05, 3.63) is 64.8 Å². The lowest BCUT2D eigenvalue weighted by Gasteiger charge is -2.36. The summed E-state index contributed by atoms with van der Waals surface area (Å²) in [6.07, 6.45) is 3.24. The molecule has 3 aromatic rings. The van der Waals surface area contributed by atoms with Crippen LogP contribution in [0, 0.1) is 18.8 Å². The summed E-state index contributed by atoms with van der Waals surface area (Å²) in [4.78, 5) is 31.4. The maximum atomic E-state index is 12.9. The Bertz CT molecular complexity index is 1170. The number of hydrogen-bond acceptors (Lipinski definition) is 4. The van der Waals surface area contributed by atoms with E-state index in [0.717, 1.165) is 29.7 Å². The fraction of sp³-hybridized carbons (Fsp3) is 0.458. The minimum atomic E-state index is -0.445. The van der Waals surface area contributed by atoms with E-state index in [-0.39, 0.29) is 17.5 Å². The third-order valence-corrected chi connectivity index (χ3v) is 7.12. The number of nitrogens with zero attached hydrogens (tertiary/aromatic N) is 4. The lowest BCUT2D eigenvalue weighted by atomic mass is 9.77. The number of fused-ring (bicyclic) bond motifs is 2. The normalized spacial score (nSPS) is 25.7. The Balaban J connectivity index is 1.26. The van der Waals surface area contributed by atoms with E-state index in [1.54, 1.807) is 10.6 Å². The molecule has 31 heavy (non-hydrogen) atoms. The first-order valence-corrected chi connectivity index (χ1v) is 11.0. The number of imidazole rings is 1. The summed E-state index contributed by atoms with van der Waals surface area (Å²) in [5.41, 5.74) is 2.78. The molecule has 7 heteroatoms. The van der Waals surface area contributed by atoms with Crippen LogP contribution >= 0.6 is 0 Å². The first kappa shape index (κ1) is 20.0. The van der Waals surface area contributed by atoms with Crippen LogP contribution in [0.5, 0.6) is 0 Å². The molecule has 0 unspecified atom stereocenters. The zero-order chi connectivity index (χ0) is 21.5. The van der Waals surface area contributed by atoms with Crippen LogP contribution in [-0.4, -0.2) is 49.2 Å². The average molecular weight is 421 g/mol. The van der Waals surface area contributed by atoms with Crippen LogP contribution < -0.4 is 5.56 Å². The van der Waals surface area contributed by atoms with E-state index in [1.165, 1.54) is 6.07 Å². The van der Waals surface area contributed by atoms with Gasteiger partial charge < -0.3 is 19.1 Å². The van der Waals surface area contributed by atoms with E-state index in [4.69, 9.17) is 0 Å². The summed E-state index contributed by atoms with van der Waals surface area (Å²) >= 11 is 0. The Kier molecular flexibility index (Phi) is 5.14. The van der Waals surface area contributed by atoms with Gasteiger partial charge in [-0.15, -0.1) is 0 Å². The molecule has 1 aromatic carbocycles. The highest BCUT2D eigenvalue weighted by Gasteiger charge is 2.43. The standard InChI is InChI=1S/C24H28N4O3/c1-16-5-4-8-24(31)27(16)10-9-23(30)26-13-17-11-21(22(29)12-18(17)14-26)28-15-25-19-6-2-3-7-20(19)28/h2-8,15,17-18,21-22,29H,9-14H2,1H3/t17-,18+,21-,22-/m1/s1. The average Bonchev–Trinajstić information content (AvgIpc) is 3.36. The maximum absolute atomic E-state index is 12.9. The number of hydrogen-bond donors (Lipinski definition) is 1. The fourth-order valence-corrected chi connectivity index (χ4v) is 5.43. The van der Waals surface area contributed by atoms with Gasteiger partial charge in [0.1, 0.15) is 0 Å². The van der Waals surface area contributed by atoms with Crippen molar-refractivity contribution < 1.29 is 9.90 Å². The molecule has 0 bridgehead atoms. The third kappa shape index (κ3) is 3.67. The second kappa shape index (κ2) is 7.96. The van der Waals surface area contributed by atoms with Crippen LogP contribution in [0.3, 0.4) is 0 Å². The second-order valence-corrected chi connectivity index (χ2v) is 8.97. The van der Waals surface area contributed by atoms with Crippen molar-refractivity contribution in [3.8, 4) is 0 Å². The number of aliphatic hydroxyl groups excluding tert-OH is 1. The second-order valence-electron chi connectivity index (χ2n) is 8.97. The molecule has 5 rings (SSSR count). The molecule has 2 fully saturated rings. The topological polar surface area (TPSA) is 80.4 Å². The van der Waals surface area contributed by atoms with Crippen LogP contribution in [0.25, 0.3) is 11.0 Å². The van der Waals surface area contributed by atoms with Gasteiger partial charge in [0.2, 0.25) is 5.91 Å². The molecule has 3 heterocycles. The molecule has 1 aliphatic carbocycles. The molecular formula is C24H28N4O3. The van der Waals surface area contributed by atoms with Gasteiger partial charge in [-0.25, -0.2) is 4.98 Å². The van der Waals surface area contributed by atoms with E-state index in [0.29, 0.717) is 37.8 Å². The number of aliphatic hydroxyl groups is 1. The minimum Gasteiger partial charge on any atom is -0.391 e. The molecule has 1 N–H and O–H groups in total. The van der Waals surface area contributed by atoms with Gasteiger partial charge in [-0.1, -0.05) is 18.2 Å². The van der Waals surface area contributed by atoms with Crippen LogP contribution in [0.2, 0.25) is 0 Å². The Hall–Kier alpha value is -2.93. The maximum Gasteiger partial charge on any atom is 0.250 e. The molecule has 1 aliphatic heterocycles. The van der Waals surface area contributed by atoms with Gasteiger partial charge in [0, 0.05) is 37.8 Å². The molecule has 1 amide bonds. The van der Waals surface area contributed by atoms with Gasteiger partial charge in [0.05, 0.1) is 29.5 Å².